The lowest BCUT2D eigenvalue weighted by Gasteiger charge is -2.15. The Labute approximate surface area is 96.4 Å². The van der Waals surface area contributed by atoms with Gasteiger partial charge in [0.1, 0.15) is 11.9 Å². The molecular weight excluding hydrogens is 202 g/mol. The number of nitrogens with zero attached hydrogens (tertiary/aromatic N) is 2. The molecule has 2 rings (SSSR count). The molecular formula is C12H19N3O. The molecule has 88 valence electrons. The first-order chi connectivity index (χ1) is 7.85. The number of anilines is 1. The molecule has 0 radical (unpaired) electrons. The second-order valence-electron chi connectivity index (χ2n) is 4.04. The summed E-state index contributed by atoms with van der Waals surface area (Å²) < 4.78 is 5.73. The molecule has 0 bridgehead atoms. The third kappa shape index (κ3) is 2.70. The van der Waals surface area contributed by atoms with E-state index in [-0.39, 0.29) is 6.10 Å². The van der Waals surface area contributed by atoms with Crippen LogP contribution >= 0.6 is 0 Å². The van der Waals surface area contributed by atoms with Crippen LogP contribution in [0.3, 0.4) is 0 Å². The van der Waals surface area contributed by atoms with Crippen molar-refractivity contribution in [3.63, 3.8) is 0 Å². The Bertz CT molecular complexity index is 339. The molecule has 0 aliphatic heterocycles. The van der Waals surface area contributed by atoms with Crippen LogP contribution in [0.5, 0.6) is 0 Å². The first kappa shape index (κ1) is 11.3. The molecule has 1 N–H and O–H groups in total. The predicted octanol–water partition coefficient (Wildman–Crippen LogP) is 2.40. The zero-order chi connectivity index (χ0) is 11.4. The Morgan fingerprint density at radius 1 is 1.50 bits per heavy atom. The van der Waals surface area contributed by atoms with E-state index in [4.69, 9.17) is 4.74 Å². The highest BCUT2D eigenvalue weighted by Crippen LogP contribution is 2.42. The van der Waals surface area contributed by atoms with Gasteiger partial charge in [-0.25, -0.2) is 9.97 Å². The molecule has 16 heavy (non-hydrogen) atoms. The molecule has 1 fully saturated rings. The van der Waals surface area contributed by atoms with Gasteiger partial charge in [-0.2, -0.15) is 0 Å². The van der Waals surface area contributed by atoms with Gasteiger partial charge >= 0.3 is 0 Å². The zero-order valence-electron chi connectivity index (χ0n) is 9.94. The normalized spacial score (nSPS) is 17.1. The topological polar surface area (TPSA) is 47.0 Å². The van der Waals surface area contributed by atoms with E-state index in [1.807, 2.05) is 13.0 Å². The quantitative estimate of drug-likeness (QED) is 0.801. The van der Waals surface area contributed by atoms with Gasteiger partial charge in [0.2, 0.25) is 0 Å². The summed E-state index contributed by atoms with van der Waals surface area (Å²) in [6.07, 6.45) is 4.36. The largest absolute Gasteiger partial charge is 0.370 e. The van der Waals surface area contributed by atoms with Crippen LogP contribution in [-0.4, -0.2) is 23.1 Å². The summed E-state index contributed by atoms with van der Waals surface area (Å²) in [4.78, 5) is 8.82. The van der Waals surface area contributed by atoms with Crippen molar-refractivity contribution >= 4 is 5.82 Å². The van der Waals surface area contributed by atoms with Gasteiger partial charge in [0, 0.05) is 19.3 Å². The highest BCUT2D eigenvalue weighted by molar-refractivity contribution is 5.32. The van der Waals surface area contributed by atoms with E-state index in [0.29, 0.717) is 5.92 Å². The molecule has 1 aliphatic rings. The van der Waals surface area contributed by atoms with Crippen LogP contribution < -0.4 is 5.32 Å². The van der Waals surface area contributed by atoms with Crippen LogP contribution in [0.15, 0.2) is 12.3 Å². The van der Waals surface area contributed by atoms with E-state index in [9.17, 15) is 0 Å². The van der Waals surface area contributed by atoms with Gasteiger partial charge in [-0.3, -0.25) is 0 Å². The minimum Gasteiger partial charge on any atom is -0.370 e. The van der Waals surface area contributed by atoms with Crippen LogP contribution in [0.4, 0.5) is 5.82 Å². The van der Waals surface area contributed by atoms with Crippen LogP contribution in [0.2, 0.25) is 0 Å². The van der Waals surface area contributed by atoms with Crippen molar-refractivity contribution in [3.05, 3.63) is 18.1 Å². The number of aromatic nitrogens is 2. The number of hydrogen-bond acceptors (Lipinski definition) is 4. The molecule has 1 atom stereocenters. The van der Waals surface area contributed by atoms with Crippen molar-refractivity contribution in [2.75, 3.05) is 18.5 Å². The van der Waals surface area contributed by atoms with Crippen molar-refractivity contribution in [3.8, 4) is 0 Å². The third-order valence-corrected chi connectivity index (χ3v) is 2.68. The lowest BCUT2D eigenvalue weighted by atomic mass is 10.2. The highest BCUT2D eigenvalue weighted by atomic mass is 16.5. The van der Waals surface area contributed by atoms with E-state index in [0.717, 1.165) is 24.8 Å². The second-order valence-corrected chi connectivity index (χ2v) is 4.04. The molecule has 0 saturated heterocycles. The molecule has 0 amide bonds. The predicted molar refractivity (Wildman–Crippen MR) is 63.3 cm³/mol. The molecule has 0 aromatic carbocycles. The monoisotopic (exact) mass is 221 g/mol. The zero-order valence-corrected chi connectivity index (χ0v) is 9.94. The average molecular weight is 221 g/mol. The molecule has 4 heteroatoms. The van der Waals surface area contributed by atoms with E-state index < -0.39 is 0 Å². The summed E-state index contributed by atoms with van der Waals surface area (Å²) in [6, 6.07) is 1.89. The van der Waals surface area contributed by atoms with Crippen molar-refractivity contribution in [2.24, 2.45) is 5.92 Å². The Hall–Kier alpha value is -1.16. The number of rotatable bonds is 6. The van der Waals surface area contributed by atoms with E-state index in [2.05, 4.69) is 22.2 Å². The molecule has 1 aliphatic carbocycles. The number of ether oxygens (including phenoxy) is 1. The number of nitrogens with one attached hydrogen (secondary N) is 1. The molecule has 1 saturated carbocycles. The molecule has 0 spiro atoms. The fourth-order valence-electron chi connectivity index (χ4n) is 1.79. The van der Waals surface area contributed by atoms with Gasteiger partial charge in [0.25, 0.3) is 0 Å². The maximum Gasteiger partial charge on any atom is 0.159 e. The Morgan fingerprint density at radius 2 is 2.31 bits per heavy atom. The summed E-state index contributed by atoms with van der Waals surface area (Å²) >= 11 is 0. The average Bonchev–Trinajstić information content (AvgIpc) is 3.11. The maximum absolute atomic E-state index is 5.73. The molecule has 1 unspecified atom stereocenters. The minimum absolute atomic E-state index is 0.0867. The van der Waals surface area contributed by atoms with Crippen molar-refractivity contribution in [1.29, 1.82) is 0 Å². The summed E-state index contributed by atoms with van der Waals surface area (Å²) in [5.41, 5.74) is 0. The fourth-order valence-corrected chi connectivity index (χ4v) is 1.79. The first-order valence-electron chi connectivity index (χ1n) is 6.03. The van der Waals surface area contributed by atoms with Gasteiger partial charge in [-0.05, 0) is 38.7 Å². The second kappa shape index (κ2) is 5.25. The number of hydrogen-bond donors (Lipinski definition) is 1. The minimum atomic E-state index is 0.0867. The maximum atomic E-state index is 5.73. The Kier molecular flexibility index (Phi) is 3.72. The van der Waals surface area contributed by atoms with Crippen LogP contribution in [0.25, 0.3) is 0 Å². The Morgan fingerprint density at radius 3 is 2.94 bits per heavy atom. The van der Waals surface area contributed by atoms with Crippen molar-refractivity contribution in [2.45, 2.75) is 32.8 Å². The van der Waals surface area contributed by atoms with Gasteiger partial charge in [0.05, 0.1) is 0 Å². The van der Waals surface area contributed by atoms with Gasteiger partial charge < -0.3 is 10.1 Å². The summed E-state index contributed by atoms with van der Waals surface area (Å²) in [5, 5.41) is 3.20. The van der Waals surface area contributed by atoms with Gasteiger partial charge in [-0.1, -0.05) is 0 Å². The molecule has 1 aromatic heterocycles. The van der Waals surface area contributed by atoms with Crippen LogP contribution in [0, 0.1) is 5.92 Å². The summed E-state index contributed by atoms with van der Waals surface area (Å²) in [5.74, 6) is 2.33. The van der Waals surface area contributed by atoms with Gasteiger partial charge in [0.15, 0.2) is 5.82 Å². The van der Waals surface area contributed by atoms with E-state index in [1.165, 1.54) is 12.8 Å². The van der Waals surface area contributed by atoms with E-state index in [1.54, 1.807) is 6.20 Å². The van der Waals surface area contributed by atoms with E-state index >= 15 is 0 Å². The molecule has 1 heterocycles. The molecule has 1 aromatic rings. The smallest absolute Gasteiger partial charge is 0.159 e. The van der Waals surface area contributed by atoms with Crippen LogP contribution in [0.1, 0.15) is 38.6 Å². The summed E-state index contributed by atoms with van der Waals surface area (Å²) in [7, 11) is 0. The van der Waals surface area contributed by atoms with Crippen LogP contribution in [-0.2, 0) is 4.74 Å². The van der Waals surface area contributed by atoms with Gasteiger partial charge in [-0.15, -0.1) is 0 Å². The lowest BCUT2D eigenvalue weighted by Crippen LogP contribution is -2.12. The van der Waals surface area contributed by atoms with Crippen molar-refractivity contribution < 1.29 is 4.74 Å². The molecule has 4 nitrogen and oxygen atoms in total. The standard InChI is InChI=1S/C12H19N3O/c1-3-13-10-7-8-14-12(15-10)11(16-4-2)9-5-6-9/h7-9,11H,3-6H2,1-2H3,(H,13,14,15). The summed E-state index contributed by atoms with van der Waals surface area (Å²) in [6.45, 7) is 5.67. The highest BCUT2D eigenvalue weighted by Gasteiger charge is 2.34. The third-order valence-electron chi connectivity index (χ3n) is 2.68. The fraction of sp³-hybridized carbons (Fsp3) is 0.667. The van der Waals surface area contributed by atoms with Crippen molar-refractivity contribution in [1.82, 2.24) is 9.97 Å². The Balaban J connectivity index is 2.12. The first-order valence-corrected chi connectivity index (χ1v) is 6.03. The SMILES string of the molecule is CCNc1ccnc(C(OCC)C2CC2)n1. The lowest BCUT2D eigenvalue weighted by molar-refractivity contribution is 0.0401.